The van der Waals surface area contributed by atoms with Gasteiger partial charge in [0.2, 0.25) is 0 Å². The zero-order valence-corrected chi connectivity index (χ0v) is 9.53. The van der Waals surface area contributed by atoms with Gasteiger partial charge in [0.1, 0.15) is 0 Å². The fourth-order valence-corrected chi connectivity index (χ4v) is 2.66. The molecule has 1 unspecified atom stereocenters. The third kappa shape index (κ3) is 2.20. The molecule has 2 rings (SSSR count). The minimum absolute atomic E-state index is 0.0809. The second-order valence-corrected chi connectivity index (χ2v) is 4.96. The molecule has 1 aliphatic rings. The van der Waals surface area contributed by atoms with Gasteiger partial charge < -0.3 is 5.11 Å². The lowest BCUT2D eigenvalue weighted by atomic mass is 9.94. The van der Waals surface area contributed by atoms with Gasteiger partial charge in [-0.15, -0.1) is 0 Å². The number of aromatic nitrogens is 1. The molecule has 82 valence electrons. The third-order valence-corrected chi connectivity index (χ3v) is 3.20. The molecule has 0 saturated heterocycles. The van der Waals surface area contributed by atoms with Gasteiger partial charge in [-0.25, -0.2) is 0 Å². The van der Waals surface area contributed by atoms with Gasteiger partial charge in [0.05, 0.1) is 12.3 Å². The van der Waals surface area contributed by atoms with Crippen molar-refractivity contribution in [2.24, 2.45) is 11.8 Å². The lowest BCUT2D eigenvalue weighted by molar-refractivity contribution is 0.275. The predicted octanol–water partition coefficient (Wildman–Crippen LogP) is 2.33. The normalized spacial score (nSPS) is 19.6. The van der Waals surface area contributed by atoms with Crippen LogP contribution in [0.4, 0.5) is 0 Å². The van der Waals surface area contributed by atoms with Gasteiger partial charge in [-0.3, -0.25) is 4.98 Å². The number of pyridine rings is 1. The second-order valence-electron chi connectivity index (χ2n) is 4.96. The summed E-state index contributed by atoms with van der Waals surface area (Å²) in [4.78, 5) is 4.23. The first kappa shape index (κ1) is 10.6. The molecule has 1 aromatic heterocycles. The number of aliphatic hydroxyl groups is 1. The van der Waals surface area contributed by atoms with E-state index in [1.165, 1.54) is 24.0 Å². The third-order valence-electron chi connectivity index (χ3n) is 3.20. The van der Waals surface area contributed by atoms with Crippen molar-refractivity contribution >= 4 is 0 Å². The molecule has 0 radical (unpaired) electrons. The summed E-state index contributed by atoms with van der Waals surface area (Å²) in [5.74, 6) is 1.52. The molecular formula is C13H19NO. The van der Waals surface area contributed by atoms with E-state index in [2.05, 4.69) is 24.9 Å². The van der Waals surface area contributed by atoms with Gasteiger partial charge in [-0.1, -0.05) is 13.8 Å². The van der Waals surface area contributed by atoms with E-state index in [1.54, 1.807) is 0 Å². The van der Waals surface area contributed by atoms with Crippen LogP contribution in [-0.4, -0.2) is 10.1 Å². The average Bonchev–Trinajstić information content (AvgIpc) is 2.58. The molecule has 15 heavy (non-hydrogen) atoms. The number of hydrogen-bond donors (Lipinski definition) is 1. The Labute approximate surface area is 91.4 Å². The van der Waals surface area contributed by atoms with E-state index in [1.807, 2.05) is 6.20 Å². The number of hydrogen-bond acceptors (Lipinski definition) is 2. The Balaban J connectivity index is 2.16. The molecule has 0 amide bonds. The van der Waals surface area contributed by atoms with Crippen molar-refractivity contribution in [3.63, 3.8) is 0 Å². The maximum absolute atomic E-state index is 9.21. The van der Waals surface area contributed by atoms with Crippen LogP contribution in [0.15, 0.2) is 12.3 Å². The average molecular weight is 205 g/mol. The Bertz CT molecular complexity index is 346. The fourth-order valence-electron chi connectivity index (χ4n) is 2.66. The zero-order chi connectivity index (χ0) is 10.8. The van der Waals surface area contributed by atoms with Gasteiger partial charge >= 0.3 is 0 Å². The molecular weight excluding hydrogens is 186 g/mol. The topological polar surface area (TPSA) is 33.1 Å². The highest BCUT2D eigenvalue weighted by Gasteiger charge is 2.24. The van der Waals surface area contributed by atoms with Crippen molar-refractivity contribution < 1.29 is 5.11 Å². The molecule has 0 spiro atoms. The number of fused-ring (bicyclic) bond motifs is 1. The summed E-state index contributed by atoms with van der Waals surface area (Å²) in [5.41, 5.74) is 3.60. The molecule has 0 fully saturated rings. The molecule has 1 atom stereocenters. The van der Waals surface area contributed by atoms with Crippen LogP contribution in [0, 0.1) is 11.8 Å². The van der Waals surface area contributed by atoms with Crippen molar-refractivity contribution in [1.29, 1.82) is 0 Å². The Hall–Kier alpha value is -0.890. The molecule has 0 aromatic carbocycles. The Kier molecular flexibility index (Phi) is 3.06. The summed E-state index contributed by atoms with van der Waals surface area (Å²) in [7, 11) is 0. The van der Waals surface area contributed by atoms with Crippen molar-refractivity contribution in [2.75, 3.05) is 0 Å². The van der Waals surface area contributed by atoms with Crippen LogP contribution in [0.5, 0.6) is 0 Å². The largest absolute Gasteiger partial charge is 0.390 e. The van der Waals surface area contributed by atoms with Crippen molar-refractivity contribution in [1.82, 2.24) is 4.98 Å². The Morgan fingerprint density at radius 3 is 2.93 bits per heavy atom. The summed E-state index contributed by atoms with van der Waals surface area (Å²) < 4.78 is 0. The molecule has 0 bridgehead atoms. The second kappa shape index (κ2) is 4.31. The lowest BCUT2D eigenvalue weighted by Gasteiger charge is -2.11. The van der Waals surface area contributed by atoms with Crippen LogP contribution in [0.1, 0.15) is 37.1 Å². The van der Waals surface area contributed by atoms with E-state index in [-0.39, 0.29) is 6.61 Å². The van der Waals surface area contributed by atoms with Crippen LogP contribution >= 0.6 is 0 Å². The summed E-state index contributed by atoms with van der Waals surface area (Å²) in [6.07, 6.45) is 5.38. The lowest BCUT2D eigenvalue weighted by Crippen LogP contribution is -2.04. The van der Waals surface area contributed by atoms with E-state index in [0.717, 1.165) is 24.0 Å². The Morgan fingerprint density at radius 1 is 1.47 bits per heavy atom. The first-order valence-corrected chi connectivity index (χ1v) is 5.77. The van der Waals surface area contributed by atoms with Gasteiger partial charge in [-0.05, 0) is 48.3 Å². The molecule has 2 heteroatoms. The Morgan fingerprint density at radius 2 is 2.27 bits per heavy atom. The van der Waals surface area contributed by atoms with Gasteiger partial charge in [0.25, 0.3) is 0 Å². The highest BCUT2D eigenvalue weighted by molar-refractivity contribution is 5.34. The molecule has 1 heterocycles. The molecule has 1 aliphatic carbocycles. The van der Waals surface area contributed by atoms with Crippen LogP contribution in [0.2, 0.25) is 0 Å². The van der Waals surface area contributed by atoms with E-state index in [0.29, 0.717) is 0 Å². The summed E-state index contributed by atoms with van der Waals surface area (Å²) in [6, 6.07) is 2.11. The van der Waals surface area contributed by atoms with Crippen LogP contribution in [-0.2, 0) is 19.4 Å². The minimum Gasteiger partial charge on any atom is -0.390 e. The maximum atomic E-state index is 9.21. The van der Waals surface area contributed by atoms with Crippen LogP contribution in [0.25, 0.3) is 0 Å². The monoisotopic (exact) mass is 205 g/mol. The molecule has 1 N–H and O–H groups in total. The van der Waals surface area contributed by atoms with Gasteiger partial charge in [0.15, 0.2) is 0 Å². The first-order valence-electron chi connectivity index (χ1n) is 5.77. The number of nitrogens with zero attached hydrogens (tertiary/aromatic N) is 1. The zero-order valence-electron chi connectivity index (χ0n) is 9.53. The highest BCUT2D eigenvalue weighted by atomic mass is 16.3. The number of aliphatic hydroxyl groups excluding tert-OH is 1. The highest BCUT2D eigenvalue weighted by Crippen LogP contribution is 2.32. The van der Waals surface area contributed by atoms with Crippen molar-refractivity contribution in [3.05, 3.63) is 29.1 Å². The molecule has 1 aromatic rings. The minimum atomic E-state index is 0.0809. The standard InChI is InChI=1S/C13H19NO/c1-9(2)5-10-6-11-3-4-14-13(8-15)12(11)7-10/h3-4,9-10,15H,5-8H2,1-2H3. The summed E-state index contributed by atoms with van der Waals surface area (Å²) in [6.45, 7) is 4.62. The van der Waals surface area contributed by atoms with Crippen LogP contribution < -0.4 is 0 Å². The van der Waals surface area contributed by atoms with E-state index >= 15 is 0 Å². The maximum Gasteiger partial charge on any atom is 0.0855 e. The smallest absolute Gasteiger partial charge is 0.0855 e. The van der Waals surface area contributed by atoms with Gasteiger partial charge in [-0.2, -0.15) is 0 Å². The van der Waals surface area contributed by atoms with E-state index < -0.39 is 0 Å². The quantitative estimate of drug-likeness (QED) is 0.821. The number of rotatable bonds is 3. The first-order chi connectivity index (χ1) is 7.20. The van der Waals surface area contributed by atoms with Crippen molar-refractivity contribution in [3.8, 4) is 0 Å². The summed E-state index contributed by atoms with van der Waals surface area (Å²) in [5, 5.41) is 9.21. The van der Waals surface area contributed by atoms with Gasteiger partial charge in [0, 0.05) is 6.20 Å². The molecule has 0 saturated carbocycles. The van der Waals surface area contributed by atoms with E-state index in [4.69, 9.17) is 0 Å². The van der Waals surface area contributed by atoms with Crippen molar-refractivity contribution in [2.45, 2.75) is 39.7 Å². The predicted molar refractivity (Wildman–Crippen MR) is 60.5 cm³/mol. The van der Waals surface area contributed by atoms with E-state index in [9.17, 15) is 5.11 Å². The summed E-state index contributed by atoms with van der Waals surface area (Å²) >= 11 is 0. The SMILES string of the molecule is CC(C)CC1Cc2ccnc(CO)c2C1. The van der Waals surface area contributed by atoms with Crippen LogP contribution in [0.3, 0.4) is 0 Å². The molecule has 2 nitrogen and oxygen atoms in total. The molecule has 0 aliphatic heterocycles. The fraction of sp³-hybridized carbons (Fsp3) is 0.615.